The van der Waals surface area contributed by atoms with Crippen LogP contribution in [-0.2, 0) is 11.4 Å². The van der Waals surface area contributed by atoms with E-state index in [-0.39, 0.29) is 24.3 Å². The van der Waals surface area contributed by atoms with E-state index in [1.807, 2.05) is 22.8 Å². The smallest absolute Gasteiger partial charge is 0.234 e. The minimum atomic E-state index is -0.182. The van der Waals surface area contributed by atoms with Gasteiger partial charge in [-0.15, -0.1) is 10.2 Å². The van der Waals surface area contributed by atoms with Gasteiger partial charge in [-0.3, -0.25) is 4.79 Å². The fourth-order valence-electron chi connectivity index (χ4n) is 3.22. The molecule has 1 aromatic heterocycles. The number of halogens is 1. The van der Waals surface area contributed by atoms with Crippen LogP contribution in [0.3, 0.4) is 0 Å². The molecular formula is C23H24ClN5O2S. The Bertz CT molecular complexity index is 1110. The summed E-state index contributed by atoms with van der Waals surface area (Å²) >= 11 is 7.51. The van der Waals surface area contributed by atoms with Crippen LogP contribution in [0.2, 0.25) is 5.02 Å². The van der Waals surface area contributed by atoms with Crippen LogP contribution in [0.5, 0.6) is 5.75 Å². The molecule has 0 spiro atoms. The van der Waals surface area contributed by atoms with Crippen LogP contribution in [0.25, 0.3) is 0 Å². The van der Waals surface area contributed by atoms with Gasteiger partial charge in [0.1, 0.15) is 12.4 Å². The molecule has 3 rings (SSSR count). The lowest BCUT2D eigenvalue weighted by Crippen LogP contribution is -2.17. The maximum Gasteiger partial charge on any atom is 0.234 e. The van der Waals surface area contributed by atoms with E-state index in [1.165, 1.54) is 11.8 Å². The van der Waals surface area contributed by atoms with Crippen LogP contribution in [0.15, 0.2) is 53.7 Å². The molecule has 0 aliphatic carbocycles. The van der Waals surface area contributed by atoms with Crippen molar-refractivity contribution in [1.82, 2.24) is 14.8 Å². The van der Waals surface area contributed by atoms with Crippen molar-refractivity contribution in [1.29, 1.82) is 5.26 Å². The van der Waals surface area contributed by atoms with E-state index >= 15 is 0 Å². The molecule has 0 radical (unpaired) electrons. The van der Waals surface area contributed by atoms with Crippen molar-refractivity contribution in [2.45, 2.75) is 44.5 Å². The zero-order chi connectivity index (χ0) is 22.9. The lowest BCUT2D eigenvalue weighted by molar-refractivity contribution is -0.113. The number of aromatic nitrogens is 3. The molecule has 9 heteroatoms. The minimum absolute atomic E-state index is 0.167. The van der Waals surface area contributed by atoms with Gasteiger partial charge in [0, 0.05) is 11.7 Å². The van der Waals surface area contributed by atoms with E-state index in [2.05, 4.69) is 35.4 Å². The average molecular weight is 470 g/mol. The maximum atomic E-state index is 12.4. The van der Waals surface area contributed by atoms with Crippen molar-refractivity contribution >= 4 is 35.0 Å². The second kappa shape index (κ2) is 11.6. The number of ether oxygens (including phenoxy) is 1. The van der Waals surface area contributed by atoms with Gasteiger partial charge in [0.25, 0.3) is 0 Å². The first-order chi connectivity index (χ1) is 15.5. The largest absolute Gasteiger partial charge is 0.484 e. The molecule has 0 saturated carbocycles. The van der Waals surface area contributed by atoms with Crippen molar-refractivity contribution in [3.63, 3.8) is 0 Å². The Morgan fingerprint density at radius 1 is 1.22 bits per heavy atom. The molecule has 0 bridgehead atoms. The summed E-state index contributed by atoms with van der Waals surface area (Å²) in [6.45, 7) is 4.44. The van der Waals surface area contributed by atoms with Gasteiger partial charge >= 0.3 is 0 Å². The molecule has 0 atom stereocenters. The first kappa shape index (κ1) is 23.6. The average Bonchev–Trinajstić information content (AvgIpc) is 3.21. The third-order valence-electron chi connectivity index (χ3n) is 4.84. The molecule has 0 saturated heterocycles. The van der Waals surface area contributed by atoms with E-state index in [9.17, 15) is 4.79 Å². The van der Waals surface area contributed by atoms with Gasteiger partial charge in [-0.05, 0) is 43.2 Å². The van der Waals surface area contributed by atoms with Crippen LogP contribution >= 0.6 is 23.4 Å². The lowest BCUT2D eigenvalue weighted by Gasteiger charge is -2.19. The Hall–Kier alpha value is -3.02. The zero-order valence-corrected chi connectivity index (χ0v) is 19.5. The quantitative estimate of drug-likeness (QED) is 0.395. The van der Waals surface area contributed by atoms with Crippen molar-refractivity contribution in [2.75, 3.05) is 11.1 Å². The number of amides is 1. The second-order valence-electron chi connectivity index (χ2n) is 6.99. The van der Waals surface area contributed by atoms with Crippen molar-refractivity contribution in [3.8, 4) is 11.8 Å². The summed E-state index contributed by atoms with van der Waals surface area (Å²) in [6.07, 6.45) is 1.79. The number of para-hydroxylation sites is 1. The molecule has 1 heterocycles. The van der Waals surface area contributed by atoms with Crippen molar-refractivity contribution < 1.29 is 9.53 Å². The van der Waals surface area contributed by atoms with Crippen LogP contribution in [0, 0.1) is 11.3 Å². The Kier molecular flexibility index (Phi) is 8.54. The second-order valence-corrected chi connectivity index (χ2v) is 8.34. The van der Waals surface area contributed by atoms with E-state index in [0.717, 1.165) is 12.8 Å². The monoisotopic (exact) mass is 469 g/mol. The van der Waals surface area contributed by atoms with Crippen molar-refractivity contribution in [2.24, 2.45) is 0 Å². The highest BCUT2D eigenvalue weighted by atomic mass is 35.5. The molecule has 3 aromatic rings. The number of benzene rings is 2. The summed E-state index contributed by atoms with van der Waals surface area (Å²) in [5, 5.41) is 21.7. The van der Waals surface area contributed by atoms with Gasteiger partial charge in [0.2, 0.25) is 5.91 Å². The third-order valence-corrected chi connectivity index (χ3v) is 6.10. The van der Waals surface area contributed by atoms with E-state index < -0.39 is 0 Å². The molecule has 0 aliphatic heterocycles. The Morgan fingerprint density at radius 3 is 2.72 bits per heavy atom. The van der Waals surface area contributed by atoms with Gasteiger partial charge < -0.3 is 14.6 Å². The fraction of sp³-hybridized carbons (Fsp3) is 0.304. The van der Waals surface area contributed by atoms with Gasteiger partial charge in [0.05, 0.1) is 22.4 Å². The Labute approximate surface area is 196 Å². The molecule has 0 unspecified atom stereocenters. The molecule has 2 aromatic carbocycles. The SMILES string of the molecule is CCC(CC)n1c(COc2ccccc2Cl)nnc1SCC(=O)Nc1cccc(C#N)c1. The number of carbonyl (C=O) groups excluding carboxylic acids is 1. The summed E-state index contributed by atoms with van der Waals surface area (Å²) in [4.78, 5) is 12.4. The number of thioether (sulfide) groups is 1. The molecule has 32 heavy (non-hydrogen) atoms. The minimum Gasteiger partial charge on any atom is -0.484 e. The molecular weight excluding hydrogens is 446 g/mol. The third kappa shape index (κ3) is 6.02. The summed E-state index contributed by atoms with van der Waals surface area (Å²) in [6, 6.07) is 16.3. The number of nitrogens with one attached hydrogen (secondary N) is 1. The van der Waals surface area contributed by atoms with Gasteiger partial charge in [-0.1, -0.05) is 55.4 Å². The first-order valence-electron chi connectivity index (χ1n) is 10.3. The molecule has 0 fully saturated rings. The first-order valence-corrected chi connectivity index (χ1v) is 11.7. The standard InChI is InChI=1S/C23H24ClN5O2S/c1-3-18(4-2)29-21(14-31-20-11-6-5-10-19(20)24)27-28-23(29)32-15-22(30)26-17-9-7-8-16(12-17)13-25/h5-12,18H,3-4,14-15H2,1-2H3,(H,26,30). The lowest BCUT2D eigenvalue weighted by atomic mass is 10.2. The zero-order valence-electron chi connectivity index (χ0n) is 17.9. The predicted molar refractivity (Wildman–Crippen MR) is 126 cm³/mol. The highest BCUT2D eigenvalue weighted by Crippen LogP contribution is 2.28. The summed E-state index contributed by atoms with van der Waals surface area (Å²) in [5.41, 5.74) is 1.08. The number of rotatable bonds is 10. The number of hydrogen-bond acceptors (Lipinski definition) is 6. The van der Waals surface area contributed by atoms with Gasteiger partial charge in [0.15, 0.2) is 11.0 Å². The number of carbonyl (C=O) groups is 1. The number of nitrogens with zero attached hydrogens (tertiary/aromatic N) is 4. The van der Waals surface area contributed by atoms with Gasteiger partial charge in [-0.25, -0.2) is 0 Å². The summed E-state index contributed by atoms with van der Waals surface area (Å²) < 4.78 is 7.92. The number of anilines is 1. The number of nitriles is 1. The molecule has 0 aliphatic rings. The number of hydrogen-bond donors (Lipinski definition) is 1. The Morgan fingerprint density at radius 2 is 2.00 bits per heavy atom. The van der Waals surface area contributed by atoms with E-state index in [4.69, 9.17) is 21.6 Å². The summed E-state index contributed by atoms with van der Waals surface area (Å²) in [7, 11) is 0. The van der Waals surface area contributed by atoms with Crippen LogP contribution in [0.4, 0.5) is 5.69 Å². The highest BCUT2D eigenvalue weighted by Gasteiger charge is 2.20. The molecule has 1 amide bonds. The van der Waals surface area contributed by atoms with Crippen LogP contribution in [-0.4, -0.2) is 26.4 Å². The molecule has 166 valence electrons. The van der Waals surface area contributed by atoms with Crippen LogP contribution in [0.1, 0.15) is 44.1 Å². The van der Waals surface area contributed by atoms with E-state index in [0.29, 0.717) is 33.0 Å². The van der Waals surface area contributed by atoms with Crippen LogP contribution < -0.4 is 10.1 Å². The maximum absolute atomic E-state index is 12.4. The topological polar surface area (TPSA) is 92.8 Å². The fourth-order valence-corrected chi connectivity index (χ4v) is 4.24. The predicted octanol–water partition coefficient (Wildman–Crippen LogP) is 5.47. The summed E-state index contributed by atoms with van der Waals surface area (Å²) in [5.74, 6) is 1.25. The van der Waals surface area contributed by atoms with Gasteiger partial charge in [-0.2, -0.15) is 5.26 Å². The Balaban J connectivity index is 1.70. The van der Waals surface area contributed by atoms with Crippen molar-refractivity contribution in [3.05, 3.63) is 64.9 Å². The molecule has 1 N–H and O–H groups in total. The normalized spacial score (nSPS) is 10.7. The molecule has 7 nitrogen and oxygen atoms in total. The highest BCUT2D eigenvalue weighted by molar-refractivity contribution is 7.99. The van der Waals surface area contributed by atoms with E-state index in [1.54, 1.807) is 30.3 Å².